The summed E-state index contributed by atoms with van der Waals surface area (Å²) in [5, 5.41) is 6.52. The Labute approximate surface area is 61.0 Å². The van der Waals surface area contributed by atoms with Gasteiger partial charge in [-0.2, -0.15) is 0 Å². The third-order valence-corrected chi connectivity index (χ3v) is 2.07. The lowest BCUT2D eigenvalue weighted by atomic mass is 10.0. The van der Waals surface area contributed by atoms with Gasteiger partial charge in [0.15, 0.2) is 0 Å². The smallest absolute Gasteiger partial charge is 0.0342 e. The van der Waals surface area contributed by atoms with Crippen molar-refractivity contribution in [1.82, 2.24) is 10.6 Å². The van der Waals surface area contributed by atoms with Gasteiger partial charge in [-0.05, 0) is 25.7 Å². The van der Waals surface area contributed by atoms with E-state index in [2.05, 4.69) is 10.6 Å². The number of nitrogens with one attached hydrogen (secondary N) is 2. The monoisotopic (exact) mass is 136 g/mol. The first kappa shape index (κ1) is 5.83. The summed E-state index contributed by atoms with van der Waals surface area (Å²) in [7, 11) is 0. The summed E-state index contributed by atoms with van der Waals surface area (Å²) in [6.07, 6.45) is 9.02. The molecule has 0 aromatic rings. The van der Waals surface area contributed by atoms with Crippen LogP contribution in [-0.2, 0) is 0 Å². The van der Waals surface area contributed by atoms with E-state index in [1.165, 1.54) is 37.1 Å². The second kappa shape index (κ2) is 2.37. The first-order valence-electron chi connectivity index (χ1n) is 3.87. The molecule has 1 heterocycles. The summed E-state index contributed by atoms with van der Waals surface area (Å²) in [5.41, 5.74) is 2.79. The molecule has 2 rings (SSSR count). The lowest BCUT2D eigenvalue weighted by Crippen LogP contribution is -2.23. The molecule has 1 aliphatic heterocycles. The molecule has 2 aliphatic rings. The van der Waals surface area contributed by atoms with Crippen molar-refractivity contribution in [3.63, 3.8) is 0 Å². The second-order valence-corrected chi connectivity index (χ2v) is 2.79. The van der Waals surface area contributed by atoms with Crippen LogP contribution in [-0.4, -0.2) is 0 Å². The van der Waals surface area contributed by atoms with Gasteiger partial charge in [-0.15, -0.1) is 0 Å². The van der Waals surface area contributed by atoms with Crippen LogP contribution in [0.5, 0.6) is 0 Å². The molecule has 0 fully saturated rings. The molecule has 10 heavy (non-hydrogen) atoms. The largest absolute Gasteiger partial charge is 0.362 e. The maximum atomic E-state index is 3.26. The van der Waals surface area contributed by atoms with Gasteiger partial charge in [0.25, 0.3) is 0 Å². The van der Waals surface area contributed by atoms with Gasteiger partial charge in [0.05, 0.1) is 0 Å². The lowest BCUT2D eigenvalue weighted by molar-refractivity contribution is 0.611. The Morgan fingerprint density at radius 3 is 1.90 bits per heavy atom. The molecule has 54 valence electrons. The Morgan fingerprint density at radius 2 is 1.40 bits per heavy atom. The summed E-state index contributed by atoms with van der Waals surface area (Å²) in [4.78, 5) is 0. The van der Waals surface area contributed by atoms with Crippen LogP contribution in [0.1, 0.15) is 25.7 Å². The molecule has 2 N–H and O–H groups in total. The van der Waals surface area contributed by atoms with E-state index < -0.39 is 0 Å². The van der Waals surface area contributed by atoms with Crippen LogP contribution in [0.25, 0.3) is 0 Å². The molecule has 2 heteroatoms. The zero-order valence-corrected chi connectivity index (χ0v) is 5.98. The van der Waals surface area contributed by atoms with Crippen molar-refractivity contribution in [2.45, 2.75) is 25.7 Å². The summed E-state index contributed by atoms with van der Waals surface area (Å²) in [6, 6.07) is 0. The van der Waals surface area contributed by atoms with Crippen LogP contribution >= 0.6 is 0 Å². The summed E-state index contributed by atoms with van der Waals surface area (Å²) < 4.78 is 0. The Bertz CT molecular complexity index is 171. The number of hydrogen-bond acceptors (Lipinski definition) is 2. The van der Waals surface area contributed by atoms with Crippen LogP contribution in [0.4, 0.5) is 0 Å². The molecule has 0 aromatic carbocycles. The van der Waals surface area contributed by atoms with Gasteiger partial charge >= 0.3 is 0 Å². The highest BCUT2D eigenvalue weighted by atomic mass is 15.0. The zero-order valence-electron chi connectivity index (χ0n) is 5.98. The first-order chi connectivity index (χ1) is 4.97. The van der Waals surface area contributed by atoms with Gasteiger partial charge < -0.3 is 10.6 Å². The van der Waals surface area contributed by atoms with E-state index >= 15 is 0 Å². The average molecular weight is 136 g/mol. The quantitative estimate of drug-likeness (QED) is 0.526. The van der Waals surface area contributed by atoms with E-state index in [9.17, 15) is 0 Å². The molecule has 2 nitrogen and oxygen atoms in total. The highest BCUT2D eigenvalue weighted by molar-refractivity contribution is 5.20. The molecule has 0 saturated carbocycles. The minimum absolute atomic E-state index is 1.21. The van der Waals surface area contributed by atoms with Crippen molar-refractivity contribution >= 4 is 0 Å². The van der Waals surface area contributed by atoms with Crippen LogP contribution < -0.4 is 10.6 Å². The van der Waals surface area contributed by atoms with Crippen molar-refractivity contribution in [2.24, 2.45) is 0 Å². The van der Waals surface area contributed by atoms with Crippen LogP contribution in [0.15, 0.2) is 23.8 Å². The summed E-state index contributed by atoms with van der Waals surface area (Å²) in [6.45, 7) is 0. The molecule has 0 radical (unpaired) electrons. The maximum Gasteiger partial charge on any atom is 0.0342 e. The fraction of sp³-hybridized carbons (Fsp3) is 0.500. The Hall–Kier alpha value is -0.920. The van der Waals surface area contributed by atoms with E-state index in [-0.39, 0.29) is 0 Å². The minimum Gasteiger partial charge on any atom is -0.362 e. The van der Waals surface area contributed by atoms with Gasteiger partial charge in [0.1, 0.15) is 0 Å². The molecule has 0 spiro atoms. The van der Waals surface area contributed by atoms with Gasteiger partial charge in [-0.25, -0.2) is 0 Å². The third kappa shape index (κ3) is 0.897. The SMILES string of the molecule is C1=CNC2=C(CCCC2)N1. The normalized spacial score (nSPS) is 23.2. The third-order valence-electron chi connectivity index (χ3n) is 2.07. The molecule has 0 saturated heterocycles. The van der Waals surface area contributed by atoms with E-state index in [1.807, 2.05) is 12.4 Å². The fourth-order valence-electron chi connectivity index (χ4n) is 1.51. The maximum absolute atomic E-state index is 3.26. The number of allylic oxidation sites excluding steroid dienone is 2. The fourth-order valence-corrected chi connectivity index (χ4v) is 1.51. The summed E-state index contributed by atoms with van der Waals surface area (Å²) >= 11 is 0. The Kier molecular flexibility index (Phi) is 1.38. The van der Waals surface area contributed by atoms with Crippen molar-refractivity contribution in [3.8, 4) is 0 Å². The highest BCUT2D eigenvalue weighted by Gasteiger charge is 2.12. The average Bonchev–Trinajstić information content (AvgIpc) is 2.05. The predicted molar refractivity (Wildman–Crippen MR) is 40.9 cm³/mol. The van der Waals surface area contributed by atoms with Crippen molar-refractivity contribution < 1.29 is 0 Å². The predicted octanol–water partition coefficient (Wildman–Crippen LogP) is 1.44. The van der Waals surface area contributed by atoms with Crippen molar-refractivity contribution in [1.29, 1.82) is 0 Å². The van der Waals surface area contributed by atoms with E-state index in [0.29, 0.717) is 0 Å². The lowest BCUT2D eigenvalue weighted by Gasteiger charge is -2.23. The molecule has 0 amide bonds. The topological polar surface area (TPSA) is 24.1 Å². The van der Waals surface area contributed by atoms with Crippen molar-refractivity contribution in [3.05, 3.63) is 23.8 Å². The van der Waals surface area contributed by atoms with Crippen molar-refractivity contribution in [2.75, 3.05) is 0 Å². The second-order valence-electron chi connectivity index (χ2n) is 2.79. The van der Waals surface area contributed by atoms with Crippen LogP contribution in [0.3, 0.4) is 0 Å². The molecule has 0 aromatic heterocycles. The van der Waals surface area contributed by atoms with Gasteiger partial charge in [0.2, 0.25) is 0 Å². The molecular formula is C8H12N2. The van der Waals surface area contributed by atoms with E-state index in [4.69, 9.17) is 0 Å². The number of hydrogen-bond donors (Lipinski definition) is 2. The molecule has 0 atom stereocenters. The molecule has 0 bridgehead atoms. The van der Waals surface area contributed by atoms with E-state index in [1.54, 1.807) is 0 Å². The summed E-state index contributed by atoms with van der Waals surface area (Å²) in [5.74, 6) is 0. The Morgan fingerprint density at radius 1 is 0.900 bits per heavy atom. The number of rotatable bonds is 0. The zero-order chi connectivity index (χ0) is 6.81. The highest BCUT2D eigenvalue weighted by Crippen LogP contribution is 2.21. The first-order valence-corrected chi connectivity index (χ1v) is 3.87. The van der Waals surface area contributed by atoms with E-state index in [0.717, 1.165) is 0 Å². The molecule has 1 aliphatic carbocycles. The Balaban J connectivity index is 2.17. The van der Waals surface area contributed by atoms with Crippen LogP contribution in [0.2, 0.25) is 0 Å². The standard InChI is InChI=1S/C8H12N2/c1-2-4-8-7(3-1)9-5-6-10-8/h5-6,9-10H,1-4H2. The minimum atomic E-state index is 1.21. The molecule has 0 unspecified atom stereocenters. The van der Waals surface area contributed by atoms with Gasteiger partial charge in [-0.3, -0.25) is 0 Å². The van der Waals surface area contributed by atoms with Crippen LogP contribution in [0, 0.1) is 0 Å². The van der Waals surface area contributed by atoms with Gasteiger partial charge in [-0.1, -0.05) is 0 Å². The molecular weight excluding hydrogens is 124 g/mol. The van der Waals surface area contributed by atoms with Gasteiger partial charge in [0, 0.05) is 23.8 Å².